The Labute approximate surface area is 189 Å². The van der Waals surface area contributed by atoms with Crippen LogP contribution in [0.5, 0.6) is 11.6 Å². The van der Waals surface area contributed by atoms with E-state index in [1.54, 1.807) is 11.3 Å². The predicted molar refractivity (Wildman–Crippen MR) is 134 cm³/mol. The van der Waals surface area contributed by atoms with Gasteiger partial charge in [0.25, 0.3) is 0 Å². The molecular formula is C28H20N2OS. The largest absolute Gasteiger partial charge is 0.437 e. The number of benzene rings is 4. The molecule has 0 saturated heterocycles. The van der Waals surface area contributed by atoms with Crippen molar-refractivity contribution in [2.75, 3.05) is 0 Å². The van der Waals surface area contributed by atoms with E-state index < -0.39 is 0 Å². The van der Waals surface area contributed by atoms with Crippen molar-refractivity contribution in [1.82, 2.24) is 10.2 Å². The summed E-state index contributed by atoms with van der Waals surface area (Å²) in [5, 5.41) is 14.8. The zero-order valence-corrected chi connectivity index (χ0v) is 18.4. The first-order chi connectivity index (χ1) is 15.8. The minimum atomic E-state index is 0.538. The maximum atomic E-state index is 6.34. The summed E-state index contributed by atoms with van der Waals surface area (Å²) in [7, 11) is 0. The quantitative estimate of drug-likeness (QED) is 0.265. The fraction of sp³-hybridized carbons (Fsp3) is 0.0714. The summed E-state index contributed by atoms with van der Waals surface area (Å²) >= 11 is 1.74. The third kappa shape index (κ3) is 3.20. The average Bonchev–Trinajstić information content (AvgIpc) is 3.27. The Balaban J connectivity index is 1.60. The van der Waals surface area contributed by atoms with Crippen LogP contribution in [0.25, 0.3) is 42.2 Å². The molecule has 2 heterocycles. The van der Waals surface area contributed by atoms with Gasteiger partial charge in [0, 0.05) is 15.5 Å². The number of para-hydroxylation sites is 1. The molecule has 0 N–H and O–H groups in total. The molecule has 0 spiro atoms. The van der Waals surface area contributed by atoms with Crippen LogP contribution in [0.3, 0.4) is 0 Å². The molecule has 0 aliphatic heterocycles. The molecule has 0 unspecified atom stereocenters. The van der Waals surface area contributed by atoms with E-state index in [-0.39, 0.29) is 0 Å². The summed E-state index contributed by atoms with van der Waals surface area (Å²) in [6.07, 6.45) is 0.893. The van der Waals surface area contributed by atoms with Crippen molar-refractivity contribution < 1.29 is 4.74 Å². The van der Waals surface area contributed by atoms with Crippen LogP contribution in [0.1, 0.15) is 12.5 Å². The number of aromatic nitrogens is 2. The molecule has 0 fully saturated rings. The van der Waals surface area contributed by atoms with Gasteiger partial charge >= 0.3 is 0 Å². The van der Waals surface area contributed by atoms with Crippen LogP contribution in [0.15, 0.2) is 91.0 Å². The maximum Gasteiger partial charge on any atom is 0.246 e. The monoisotopic (exact) mass is 432 g/mol. The molecule has 0 atom stereocenters. The van der Waals surface area contributed by atoms with Crippen molar-refractivity contribution in [3.05, 3.63) is 96.6 Å². The van der Waals surface area contributed by atoms with Gasteiger partial charge in [-0.2, -0.15) is 0 Å². The zero-order chi connectivity index (χ0) is 21.5. The fourth-order valence-corrected chi connectivity index (χ4v) is 5.23. The summed E-state index contributed by atoms with van der Waals surface area (Å²) in [5.74, 6) is 1.37. The lowest BCUT2D eigenvalue weighted by atomic mass is 10.0. The zero-order valence-electron chi connectivity index (χ0n) is 17.6. The topological polar surface area (TPSA) is 35.0 Å². The van der Waals surface area contributed by atoms with Crippen molar-refractivity contribution in [1.29, 1.82) is 0 Å². The van der Waals surface area contributed by atoms with Crippen LogP contribution in [0.2, 0.25) is 0 Å². The lowest BCUT2D eigenvalue weighted by Crippen LogP contribution is -1.97. The number of fused-ring (bicyclic) bond motifs is 3. The van der Waals surface area contributed by atoms with E-state index >= 15 is 0 Å². The first kappa shape index (κ1) is 19.0. The molecule has 0 aliphatic carbocycles. The standard InChI is InChI=1S/C28H20N2OS/c1-2-18-9-5-7-13-24(18)31-28-23-16-20-11-4-3-10-19(20)15-22(23)27(29-30-28)26-17-21-12-6-8-14-25(21)32-26/h3-17H,2H2,1H3. The van der Waals surface area contributed by atoms with Crippen LogP contribution >= 0.6 is 11.3 Å². The second kappa shape index (κ2) is 7.74. The Bertz CT molecular complexity index is 1570. The van der Waals surface area contributed by atoms with E-state index in [4.69, 9.17) is 4.74 Å². The van der Waals surface area contributed by atoms with Gasteiger partial charge in [-0.05, 0) is 58.5 Å². The lowest BCUT2D eigenvalue weighted by molar-refractivity contribution is 0.457. The third-order valence-corrected chi connectivity index (χ3v) is 6.95. The first-order valence-electron chi connectivity index (χ1n) is 10.7. The van der Waals surface area contributed by atoms with Crippen LogP contribution in [0.4, 0.5) is 0 Å². The van der Waals surface area contributed by atoms with Crippen molar-refractivity contribution >= 4 is 43.0 Å². The van der Waals surface area contributed by atoms with E-state index in [1.807, 2.05) is 18.2 Å². The van der Waals surface area contributed by atoms with E-state index in [1.165, 1.54) is 15.5 Å². The van der Waals surface area contributed by atoms with E-state index in [0.29, 0.717) is 5.88 Å². The lowest BCUT2D eigenvalue weighted by Gasteiger charge is -2.13. The summed E-state index contributed by atoms with van der Waals surface area (Å²) in [6, 6.07) is 31.5. The Hall–Kier alpha value is -3.76. The smallest absolute Gasteiger partial charge is 0.246 e. The number of thiophene rings is 1. The van der Waals surface area contributed by atoms with Crippen molar-refractivity contribution in [3.8, 4) is 22.2 Å². The second-order valence-electron chi connectivity index (χ2n) is 7.81. The first-order valence-corrected chi connectivity index (χ1v) is 11.6. The molecule has 0 bridgehead atoms. The highest BCUT2D eigenvalue weighted by Crippen LogP contribution is 2.40. The molecule has 6 rings (SSSR count). The molecule has 0 amide bonds. The Morgan fingerprint density at radius 2 is 1.41 bits per heavy atom. The van der Waals surface area contributed by atoms with Gasteiger partial charge in [0.15, 0.2) is 0 Å². The number of hydrogen-bond donors (Lipinski definition) is 0. The molecule has 6 aromatic rings. The fourth-order valence-electron chi connectivity index (χ4n) is 4.17. The molecule has 0 saturated carbocycles. The SMILES string of the molecule is CCc1ccccc1Oc1nnc(-c2cc3ccccc3s2)c2cc3ccccc3cc12. The number of hydrogen-bond acceptors (Lipinski definition) is 4. The highest BCUT2D eigenvalue weighted by molar-refractivity contribution is 7.22. The summed E-state index contributed by atoms with van der Waals surface area (Å²) in [4.78, 5) is 1.11. The van der Waals surface area contributed by atoms with Crippen molar-refractivity contribution in [2.45, 2.75) is 13.3 Å². The molecule has 2 aromatic heterocycles. The number of rotatable bonds is 4. The highest BCUT2D eigenvalue weighted by Gasteiger charge is 2.16. The Morgan fingerprint density at radius 1 is 0.719 bits per heavy atom. The predicted octanol–water partition coefficient (Wildman–Crippen LogP) is 8.02. The van der Waals surface area contributed by atoms with Crippen LogP contribution in [0, 0.1) is 0 Å². The molecule has 4 heteroatoms. The molecule has 154 valence electrons. The molecule has 0 aliphatic rings. The normalized spacial score (nSPS) is 11.4. The van der Waals surface area contributed by atoms with Gasteiger partial charge in [0.05, 0.1) is 4.88 Å². The average molecular weight is 433 g/mol. The summed E-state index contributed by atoms with van der Waals surface area (Å²) in [5.41, 5.74) is 2.04. The summed E-state index contributed by atoms with van der Waals surface area (Å²) in [6.45, 7) is 2.13. The molecule has 0 radical (unpaired) electrons. The van der Waals surface area contributed by atoms with E-state index in [0.717, 1.165) is 44.5 Å². The second-order valence-corrected chi connectivity index (χ2v) is 8.89. The van der Waals surface area contributed by atoms with Crippen molar-refractivity contribution in [3.63, 3.8) is 0 Å². The minimum absolute atomic E-state index is 0.538. The Morgan fingerprint density at radius 3 is 2.19 bits per heavy atom. The Kier molecular flexibility index (Phi) is 4.58. The number of ether oxygens (including phenoxy) is 1. The van der Waals surface area contributed by atoms with Gasteiger partial charge in [-0.1, -0.05) is 67.6 Å². The summed E-state index contributed by atoms with van der Waals surface area (Å²) < 4.78 is 7.59. The van der Waals surface area contributed by atoms with Crippen LogP contribution in [-0.2, 0) is 6.42 Å². The number of nitrogens with zero attached hydrogens (tertiary/aromatic N) is 2. The van der Waals surface area contributed by atoms with Crippen LogP contribution < -0.4 is 4.74 Å². The highest BCUT2D eigenvalue weighted by atomic mass is 32.1. The van der Waals surface area contributed by atoms with Gasteiger partial charge in [-0.15, -0.1) is 21.5 Å². The molecule has 4 aromatic carbocycles. The number of aryl methyl sites for hydroxylation is 1. The van der Waals surface area contributed by atoms with Gasteiger partial charge < -0.3 is 4.74 Å². The third-order valence-electron chi connectivity index (χ3n) is 5.83. The molecule has 32 heavy (non-hydrogen) atoms. The minimum Gasteiger partial charge on any atom is -0.437 e. The van der Waals surface area contributed by atoms with Crippen LogP contribution in [-0.4, -0.2) is 10.2 Å². The van der Waals surface area contributed by atoms with Gasteiger partial charge in [0.1, 0.15) is 11.4 Å². The van der Waals surface area contributed by atoms with E-state index in [9.17, 15) is 0 Å². The van der Waals surface area contributed by atoms with Crippen molar-refractivity contribution in [2.24, 2.45) is 0 Å². The molecular weight excluding hydrogens is 412 g/mol. The van der Waals surface area contributed by atoms with Gasteiger partial charge in [-0.25, -0.2) is 0 Å². The van der Waals surface area contributed by atoms with Gasteiger partial charge in [-0.3, -0.25) is 0 Å². The van der Waals surface area contributed by atoms with E-state index in [2.05, 4.69) is 89.9 Å². The molecule has 3 nitrogen and oxygen atoms in total. The van der Waals surface area contributed by atoms with Gasteiger partial charge in [0.2, 0.25) is 5.88 Å². The maximum absolute atomic E-state index is 6.34.